The topological polar surface area (TPSA) is 133 Å². The van der Waals surface area contributed by atoms with E-state index in [0.29, 0.717) is 24.4 Å². The molecule has 0 aliphatic heterocycles. The van der Waals surface area contributed by atoms with Crippen LogP contribution in [0.2, 0.25) is 5.02 Å². The quantitative estimate of drug-likeness (QED) is 0.201. The first-order chi connectivity index (χ1) is 21.1. The summed E-state index contributed by atoms with van der Waals surface area (Å²) in [4.78, 5) is 26.9. The number of anilines is 1. The Morgan fingerprint density at radius 3 is 2.22 bits per heavy atom. The summed E-state index contributed by atoms with van der Waals surface area (Å²) in [6.45, 7) is -1.03. The number of aryl methyl sites for hydroxylation is 1. The number of ether oxygens (including phenoxy) is 2. The normalized spacial score (nSPS) is 15.0. The zero-order chi connectivity index (χ0) is 35.0. The summed E-state index contributed by atoms with van der Waals surface area (Å²) in [6.07, 6.45) is -13.7. The lowest BCUT2D eigenvalue weighted by Crippen LogP contribution is -2.51. The Bertz CT molecular complexity index is 1580. The highest BCUT2D eigenvalue weighted by molar-refractivity contribution is 6.34. The van der Waals surface area contributed by atoms with Gasteiger partial charge in [-0.2, -0.15) is 45.5 Å². The standard InChI is InChI=1S/C26H22ClF9N6O4/c1-12(2)45-22(44)42(23(11-38)6-7-23)20(43)15-8-13(4-5-16(15)27)14(9-37)10-39-19-17(46-21(28)29)18(40-41(19)3)24(30,25(31,32)33)26(34,35)36/h4-5,8-10,12,21,37,39H,6-7H2,1-3H3/b14-10+,37-9?. The summed E-state index contributed by atoms with van der Waals surface area (Å²) in [5, 5.41) is 22.1. The Morgan fingerprint density at radius 1 is 1.17 bits per heavy atom. The zero-order valence-corrected chi connectivity index (χ0v) is 24.4. The third kappa shape index (κ3) is 6.71. The molecule has 1 aliphatic carbocycles. The molecule has 0 spiro atoms. The number of rotatable bonds is 10. The molecule has 1 heterocycles. The van der Waals surface area contributed by atoms with E-state index >= 15 is 0 Å². The van der Waals surface area contributed by atoms with Crippen molar-refractivity contribution in [1.29, 1.82) is 10.7 Å². The van der Waals surface area contributed by atoms with Crippen molar-refractivity contribution >= 4 is 41.2 Å². The number of amides is 2. The first kappa shape index (κ1) is 36.0. The molecule has 0 atom stereocenters. The Hall–Kier alpha value is -4.47. The van der Waals surface area contributed by atoms with Crippen molar-refractivity contribution in [1.82, 2.24) is 14.7 Å². The molecule has 250 valence electrons. The maximum absolute atomic E-state index is 14.8. The van der Waals surface area contributed by atoms with Gasteiger partial charge in [0.15, 0.2) is 17.3 Å². The van der Waals surface area contributed by atoms with E-state index in [4.69, 9.17) is 21.7 Å². The molecule has 1 aromatic carbocycles. The number of hydrogen-bond donors (Lipinski definition) is 2. The molecule has 10 nitrogen and oxygen atoms in total. The number of imide groups is 1. The van der Waals surface area contributed by atoms with Gasteiger partial charge in [0.25, 0.3) is 5.91 Å². The fourth-order valence-corrected chi connectivity index (χ4v) is 4.27. The summed E-state index contributed by atoms with van der Waals surface area (Å²) >= 11 is 6.20. The van der Waals surface area contributed by atoms with Gasteiger partial charge in [0.1, 0.15) is 5.54 Å². The lowest BCUT2D eigenvalue weighted by atomic mass is 9.99. The van der Waals surface area contributed by atoms with Gasteiger partial charge >= 0.3 is 30.7 Å². The Kier molecular flexibility index (Phi) is 9.96. The fourth-order valence-electron chi connectivity index (χ4n) is 4.07. The summed E-state index contributed by atoms with van der Waals surface area (Å²) in [6, 6.07) is 5.26. The van der Waals surface area contributed by atoms with Gasteiger partial charge in [0, 0.05) is 25.0 Å². The molecule has 46 heavy (non-hydrogen) atoms. The van der Waals surface area contributed by atoms with Crippen LogP contribution in [0.1, 0.15) is 48.3 Å². The van der Waals surface area contributed by atoms with Crippen LogP contribution in [0.25, 0.3) is 5.57 Å². The summed E-state index contributed by atoms with van der Waals surface area (Å²) < 4.78 is 131. The van der Waals surface area contributed by atoms with E-state index < -0.39 is 65.5 Å². The minimum atomic E-state index is -6.71. The Balaban J connectivity index is 2.11. The highest BCUT2D eigenvalue weighted by Crippen LogP contribution is 2.56. The van der Waals surface area contributed by atoms with Crippen LogP contribution in [0.4, 0.5) is 50.1 Å². The number of carbonyl (C=O) groups is 2. The first-order valence-corrected chi connectivity index (χ1v) is 13.1. The second-order valence-corrected chi connectivity index (χ2v) is 10.4. The molecule has 2 aromatic rings. The van der Waals surface area contributed by atoms with Crippen molar-refractivity contribution in [2.75, 3.05) is 5.32 Å². The number of nitrogens with one attached hydrogen (secondary N) is 2. The van der Waals surface area contributed by atoms with E-state index in [-0.39, 0.29) is 39.2 Å². The maximum atomic E-state index is 14.8. The summed E-state index contributed by atoms with van der Waals surface area (Å²) in [7, 11) is 0.696. The molecule has 3 rings (SSSR count). The molecule has 0 radical (unpaired) electrons. The third-order valence-corrected chi connectivity index (χ3v) is 6.78. The summed E-state index contributed by atoms with van der Waals surface area (Å²) in [5.74, 6) is -4.12. The number of allylic oxidation sites excluding steroid dienone is 1. The smallest absolute Gasteiger partial charge is 0.437 e. The second-order valence-electron chi connectivity index (χ2n) is 9.98. The predicted molar refractivity (Wildman–Crippen MR) is 142 cm³/mol. The highest BCUT2D eigenvalue weighted by atomic mass is 35.5. The molecule has 1 aliphatic rings. The third-order valence-electron chi connectivity index (χ3n) is 6.45. The van der Waals surface area contributed by atoms with Crippen molar-refractivity contribution in [3.8, 4) is 11.8 Å². The predicted octanol–water partition coefficient (Wildman–Crippen LogP) is 7.11. The van der Waals surface area contributed by atoms with Gasteiger partial charge in [0.2, 0.25) is 0 Å². The van der Waals surface area contributed by atoms with E-state index in [0.717, 1.165) is 12.1 Å². The molecular weight excluding hydrogens is 667 g/mol. The monoisotopic (exact) mass is 688 g/mol. The van der Waals surface area contributed by atoms with Crippen molar-refractivity contribution in [3.05, 3.63) is 46.2 Å². The minimum absolute atomic E-state index is 0.0848. The number of carbonyl (C=O) groups excluding carboxylic acids is 2. The maximum Gasteiger partial charge on any atom is 0.437 e. The number of hydrogen-bond acceptors (Lipinski definition) is 8. The van der Waals surface area contributed by atoms with E-state index in [1.54, 1.807) is 0 Å². The van der Waals surface area contributed by atoms with Crippen molar-refractivity contribution in [3.63, 3.8) is 0 Å². The number of alkyl halides is 9. The fraction of sp³-hybridized carbons (Fsp3) is 0.423. The van der Waals surface area contributed by atoms with Gasteiger partial charge in [-0.3, -0.25) is 4.79 Å². The molecule has 0 bridgehead atoms. The Labute approximate surface area is 258 Å². The molecule has 1 saturated carbocycles. The van der Waals surface area contributed by atoms with E-state index in [9.17, 15) is 54.4 Å². The second kappa shape index (κ2) is 12.7. The van der Waals surface area contributed by atoms with E-state index in [2.05, 4.69) is 15.2 Å². The van der Waals surface area contributed by atoms with Crippen LogP contribution in [0.15, 0.2) is 24.4 Å². The molecular formula is C26H22ClF9N6O4. The number of benzene rings is 1. The number of aromatic nitrogens is 2. The van der Waals surface area contributed by atoms with Crippen molar-refractivity contribution in [2.45, 2.75) is 63.0 Å². The van der Waals surface area contributed by atoms with E-state index in [1.165, 1.54) is 19.9 Å². The molecule has 0 unspecified atom stereocenters. The van der Waals surface area contributed by atoms with Crippen LogP contribution >= 0.6 is 11.6 Å². The van der Waals surface area contributed by atoms with Crippen molar-refractivity contribution in [2.24, 2.45) is 7.05 Å². The molecule has 2 amide bonds. The van der Waals surface area contributed by atoms with Gasteiger partial charge in [-0.1, -0.05) is 17.7 Å². The van der Waals surface area contributed by atoms with Crippen LogP contribution in [0, 0.1) is 16.7 Å². The van der Waals surface area contributed by atoms with Gasteiger partial charge in [-0.25, -0.2) is 18.8 Å². The van der Waals surface area contributed by atoms with Crippen LogP contribution in [0.5, 0.6) is 5.75 Å². The zero-order valence-electron chi connectivity index (χ0n) is 23.7. The molecule has 2 N–H and O–H groups in total. The number of halogens is 10. The van der Waals surface area contributed by atoms with Crippen LogP contribution < -0.4 is 10.1 Å². The molecule has 1 fully saturated rings. The lowest BCUT2D eigenvalue weighted by molar-refractivity contribution is -0.350. The van der Waals surface area contributed by atoms with Crippen LogP contribution in [-0.4, -0.2) is 63.5 Å². The minimum Gasteiger partial charge on any atom is -0.446 e. The van der Waals surface area contributed by atoms with Gasteiger partial charge in [0.05, 0.1) is 22.8 Å². The van der Waals surface area contributed by atoms with Crippen molar-refractivity contribution < 1.29 is 58.6 Å². The SMILES string of the molecule is CC(C)OC(=O)N(C(=O)c1cc(/C(C=N)=C/Nc2c(OC(F)F)c(C(F)(C(F)(F)F)C(F)(F)F)nn2C)ccc1Cl)C1(C#N)CC1. The average molecular weight is 689 g/mol. The number of nitrogens with zero attached hydrogens (tertiary/aromatic N) is 4. The molecule has 0 saturated heterocycles. The van der Waals surface area contributed by atoms with Gasteiger partial charge in [-0.15, -0.1) is 0 Å². The largest absolute Gasteiger partial charge is 0.446 e. The summed E-state index contributed by atoms with van der Waals surface area (Å²) in [5.41, 5.74) is -11.1. The molecule has 1 aromatic heterocycles. The van der Waals surface area contributed by atoms with Crippen LogP contribution in [-0.2, 0) is 17.5 Å². The van der Waals surface area contributed by atoms with Crippen LogP contribution in [0.3, 0.4) is 0 Å². The van der Waals surface area contributed by atoms with Gasteiger partial charge in [-0.05, 0) is 44.4 Å². The van der Waals surface area contributed by atoms with Gasteiger partial charge < -0.3 is 20.2 Å². The highest BCUT2D eigenvalue weighted by Gasteiger charge is 2.76. The number of nitriles is 1. The average Bonchev–Trinajstić information content (AvgIpc) is 3.65. The lowest BCUT2D eigenvalue weighted by Gasteiger charge is -2.28. The van der Waals surface area contributed by atoms with E-state index in [1.807, 2.05) is 6.07 Å². The Morgan fingerprint density at radius 2 is 1.76 bits per heavy atom. The first-order valence-electron chi connectivity index (χ1n) is 12.7. The molecule has 20 heteroatoms.